The van der Waals surface area contributed by atoms with Gasteiger partial charge in [0.05, 0.1) is 11.4 Å². The number of halogens is 1. The van der Waals surface area contributed by atoms with E-state index in [1.165, 1.54) is 37.8 Å². The van der Waals surface area contributed by atoms with Gasteiger partial charge in [-0.25, -0.2) is 4.98 Å². The summed E-state index contributed by atoms with van der Waals surface area (Å²) in [6, 6.07) is 15.0. The smallest absolute Gasteiger partial charge is 0.225 e. The Labute approximate surface area is 200 Å². The highest BCUT2D eigenvalue weighted by atomic mass is 35.5. The zero-order chi connectivity index (χ0) is 22.4. The standard InChI is InChI=1S/C27H31ClN4O/c28-21-11-9-19(10-12-21)26-24(31-15-5-4-8-25(31)29-26)18-32-22-13-14-23(32)17-30(16-22)27(33)20-6-2-1-3-7-20/h4-5,8-12,15,20,22-23H,1-3,6-7,13-14,16-18H2. The number of piperazine rings is 1. The summed E-state index contributed by atoms with van der Waals surface area (Å²) in [5.74, 6) is 0.683. The second-order valence-corrected chi connectivity index (χ2v) is 10.4. The van der Waals surface area contributed by atoms with E-state index in [4.69, 9.17) is 16.6 Å². The Kier molecular flexibility index (Phi) is 5.63. The number of carbonyl (C=O) groups is 1. The summed E-state index contributed by atoms with van der Waals surface area (Å²) in [4.78, 5) is 23.0. The molecule has 0 spiro atoms. The third-order valence-corrected chi connectivity index (χ3v) is 8.23. The predicted molar refractivity (Wildman–Crippen MR) is 131 cm³/mol. The molecule has 2 unspecified atom stereocenters. The van der Waals surface area contributed by atoms with Crippen molar-refractivity contribution in [2.45, 2.75) is 63.6 Å². The maximum atomic E-state index is 13.2. The van der Waals surface area contributed by atoms with Gasteiger partial charge in [-0.1, -0.05) is 49.1 Å². The summed E-state index contributed by atoms with van der Waals surface area (Å²) < 4.78 is 2.23. The molecule has 2 aromatic heterocycles. The molecule has 2 saturated heterocycles. The van der Waals surface area contributed by atoms with E-state index in [-0.39, 0.29) is 5.92 Å². The van der Waals surface area contributed by atoms with Gasteiger partial charge in [0.1, 0.15) is 5.65 Å². The second kappa shape index (κ2) is 8.77. The molecule has 2 bridgehead atoms. The monoisotopic (exact) mass is 462 g/mol. The van der Waals surface area contributed by atoms with Gasteiger partial charge in [-0.05, 0) is 49.9 Å². The molecule has 33 heavy (non-hydrogen) atoms. The second-order valence-electron chi connectivity index (χ2n) is 9.98. The molecule has 3 aliphatic rings. The van der Waals surface area contributed by atoms with Crippen LogP contribution in [0, 0.1) is 5.92 Å². The molecule has 5 nitrogen and oxygen atoms in total. The van der Waals surface area contributed by atoms with Gasteiger partial charge in [0.2, 0.25) is 5.91 Å². The number of likely N-dealkylation sites (tertiary alicyclic amines) is 1. The van der Waals surface area contributed by atoms with Crippen LogP contribution in [0.2, 0.25) is 5.02 Å². The number of carbonyl (C=O) groups excluding carboxylic acids is 1. The summed E-state index contributed by atoms with van der Waals surface area (Å²) in [5.41, 5.74) is 4.31. The van der Waals surface area contributed by atoms with Crippen LogP contribution in [0.3, 0.4) is 0 Å². The number of fused-ring (bicyclic) bond motifs is 3. The minimum Gasteiger partial charge on any atom is -0.339 e. The van der Waals surface area contributed by atoms with Gasteiger partial charge in [-0.2, -0.15) is 0 Å². The van der Waals surface area contributed by atoms with E-state index in [0.29, 0.717) is 18.0 Å². The summed E-state index contributed by atoms with van der Waals surface area (Å²) in [6.45, 7) is 2.60. The highest BCUT2D eigenvalue weighted by Crippen LogP contribution is 2.36. The molecule has 3 aromatic rings. The molecular formula is C27H31ClN4O. The normalized spacial score (nSPS) is 24.0. The number of rotatable bonds is 4. The number of benzene rings is 1. The predicted octanol–water partition coefficient (Wildman–Crippen LogP) is 5.41. The Morgan fingerprint density at radius 2 is 1.67 bits per heavy atom. The average molecular weight is 463 g/mol. The number of hydrogen-bond donors (Lipinski definition) is 0. The SMILES string of the molecule is O=C(C1CCCCC1)N1CC2CCC(C1)N2Cc1c(-c2ccc(Cl)cc2)nc2ccccn12. The van der Waals surface area contributed by atoms with E-state index in [1.807, 2.05) is 18.2 Å². The molecule has 4 heterocycles. The fourth-order valence-electron chi connectivity index (χ4n) is 6.25. The van der Waals surface area contributed by atoms with E-state index >= 15 is 0 Å². The lowest BCUT2D eigenvalue weighted by molar-refractivity contribution is -0.140. The van der Waals surface area contributed by atoms with Crippen LogP contribution in [-0.4, -0.2) is 50.3 Å². The highest BCUT2D eigenvalue weighted by molar-refractivity contribution is 6.30. The number of amides is 1. The molecule has 2 atom stereocenters. The molecule has 1 aromatic carbocycles. The van der Waals surface area contributed by atoms with E-state index in [0.717, 1.165) is 54.4 Å². The molecule has 3 fully saturated rings. The van der Waals surface area contributed by atoms with Crippen molar-refractivity contribution >= 4 is 23.2 Å². The Hall–Kier alpha value is -2.37. The van der Waals surface area contributed by atoms with Crippen LogP contribution in [0.4, 0.5) is 0 Å². The van der Waals surface area contributed by atoms with Crippen LogP contribution < -0.4 is 0 Å². The fraction of sp³-hybridized carbons (Fsp3) is 0.481. The van der Waals surface area contributed by atoms with Crippen molar-refractivity contribution < 1.29 is 4.79 Å². The first-order valence-electron chi connectivity index (χ1n) is 12.4. The number of hydrogen-bond acceptors (Lipinski definition) is 3. The molecule has 2 aliphatic heterocycles. The highest BCUT2D eigenvalue weighted by Gasteiger charge is 2.43. The van der Waals surface area contributed by atoms with Crippen molar-refractivity contribution in [3.05, 3.63) is 59.4 Å². The summed E-state index contributed by atoms with van der Waals surface area (Å²) >= 11 is 6.15. The molecule has 1 amide bonds. The van der Waals surface area contributed by atoms with E-state index < -0.39 is 0 Å². The molecule has 6 rings (SSSR count). The zero-order valence-electron chi connectivity index (χ0n) is 19.0. The van der Waals surface area contributed by atoms with Gasteiger partial charge in [-0.15, -0.1) is 0 Å². The Balaban J connectivity index is 1.27. The van der Waals surface area contributed by atoms with Gasteiger partial charge in [0.15, 0.2) is 0 Å². The Bertz CT molecular complexity index is 1140. The first-order valence-corrected chi connectivity index (χ1v) is 12.8. The Morgan fingerprint density at radius 1 is 0.939 bits per heavy atom. The summed E-state index contributed by atoms with van der Waals surface area (Å²) in [7, 11) is 0. The zero-order valence-corrected chi connectivity index (χ0v) is 19.8. The number of pyridine rings is 1. The van der Waals surface area contributed by atoms with Crippen LogP contribution in [0.25, 0.3) is 16.9 Å². The largest absolute Gasteiger partial charge is 0.339 e. The van der Waals surface area contributed by atoms with E-state index in [1.54, 1.807) is 0 Å². The number of imidazole rings is 1. The number of aromatic nitrogens is 2. The van der Waals surface area contributed by atoms with Gasteiger partial charge in [0.25, 0.3) is 0 Å². The lowest BCUT2D eigenvalue weighted by Crippen LogP contribution is -2.56. The topological polar surface area (TPSA) is 40.9 Å². The third-order valence-electron chi connectivity index (χ3n) is 7.98. The van der Waals surface area contributed by atoms with Gasteiger partial charge in [-0.3, -0.25) is 9.69 Å². The van der Waals surface area contributed by atoms with E-state index in [2.05, 4.69) is 44.7 Å². The van der Waals surface area contributed by atoms with Gasteiger partial charge in [0, 0.05) is 54.4 Å². The van der Waals surface area contributed by atoms with E-state index in [9.17, 15) is 4.79 Å². The first kappa shape index (κ1) is 21.2. The molecule has 1 saturated carbocycles. The summed E-state index contributed by atoms with van der Waals surface area (Å²) in [6.07, 6.45) is 10.3. The van der Waals surface area contributed by atoms with Crippen molar-refractivity contribution in [1.82, 2.24) is 19.2 Å². The third kappa shape index (κ3) is 3.95. The minimum atomic E-state index is 0.264. The van der Waals surface area contributed by atoms with Crippen molar-refractivity contribution in [3.63, 3.8) is 0 Å². The van der Waals surface area contributed by atoms with Crippen molar-refractivity contribution in [1.29, 1.82) is 0 Å². The van der Waals surface area contributed by atoms with Crippen LogP contribution in [0.1, 0.15) is 50.6 Å². The maximum Gasteiger partial charge on any atom is 0.225 e. The molecule has 6 heteroatoms. The molecular weight excluding hydrogens is 432 g/mol. The van der Waals surface area contributed by atoms with Gasteiger partial charge < -0.3 is 9.30 Å². The average Bonchev–Trinajstić information content (AvgIpc) is 3.32. The quantitative estimate of drug-likeness (QED) is 0.520. The fourth-order valence-corrected chi connectivity index (χ4v) is 6.37. The van der Waals surface area contributed by atoms with Crippen molar-refractivity contribution in [3.8, 4) is 11.3 Å². The molecule has 0 radical (unpaired) electrons. The van der Waals surface area contributed by atoms with Crippen LogP contribution in [-0.2, 0) is 11.3 Å². The van der Waals surface area contributed by atoms with Crippen molar-refractivity contribution in [2.24, 2.45) is 5.92 Å². The van der Waals surface area contributed by atoms with Crippen molar-refractivity contribution in [2.75, 3.05) is 13.1 Å². The summed E-state index contributed by atoms with van der Waals surface area (Å²) in [5, 5.41) is 0.737. The lowest BCUT2D eigenvalue weighted by atomic mass is 9.88. The maximum absolute atomic E-state index is 13.2. The lowest BCUT2D eigenvalue weighted by Gasteiger charge is -2.42. The first-order chi connectivity index (χ1) is 16.2. The van der Waals surface area contributed by atoms with Gasteiger partial charge >= 0.3 is 0 Å². The minimum absolute atomic E-state index is 0.264. The van der Waals surface area contributed by atoms with Crippen LogP contribution in [0.15, 0.2) is 48.7 Å². The van der Waals surface area contributed by atoms with Crippen LogP contribution >= 0.6 is 11.6 Å². The Morgan fingerprint density at radius 3 is 2.39 bits per heavy atom. The molecule has 1 aliphatic carbocycles. The molecule has 172 valence electrons. The molecule has 0 N–H and O–H groups in total. The van der Waals surface area contributed by atoms with Crippen LogP contribution in [0.5, 0.6) is 0 Å². The number of nitrogens with zero attached hydrogens (tertiary/aromatic N) is 4.